The summed E-state index contributed by atoms with van der Waals surface area (Å²) < 4.78 is 5.07. The highest BCUT2D eigenvalue weighted by molar-refractivity contribution is 5.65. The largest absolute Gasteiger partial charge is 0.394 e. The molecule has 0 amide bonds. The number of carbonyl (C=O) groups excluding carboxylic acids is 1. The normalized spacial score (nSPS) is 39.6. The number of aliphatic hydroxyl groups is 8. The predicted octanol–water partition coefficient (Wildman–Crippen LogP) is -5.14. The van der Waals surface area contributed by atoms with E-state index in [9.17, 15) is 40.5 Å². The minimum Gasteiger partial charge on any atom is -0.394 e. The van der Waals surface area contributed by atoms with Crippen molar-refractivity contribution in [3.63, 3.8) is 0 Å². The molecule has 10 heteroatoms. The molecule has 0 bridgehead atoms. The molecular formula is C12H22O10. The maximum absolute atomic E-state index is 11.2. The topological polar surface area (TPSA) is 188 Å². The summed E-state index contributed by atoms with van der Waals surface area (Å²) >= 11 is 0. The smallest absolute Gasteiger partial charge is 0.177 e. The Morgan fingerprint density at radius 3 is 2.14 bits per heavy atom. The first-order valence-electron chi connectivity index (χ1n) is 6.65. The molecule has 8 N–H and O–H groups in total. The molecule has 0 aliphatic carbocycles. The molecule has 0 spiro atoms. The van der Waals surface area contributed by atoms with Crippen LogP contribution in [0.5, 0.6) is 0 Å². The Bertz CT molecular complexity index is 379. The van der Waals surface area contributed by atoms with Gasteiger partial charge in [-0.05, 0) is 6.92 Å². The molecule has 1 heterocycles. The van der Waals surface area contributed by atoms with Crippen molar-refractivity contribution in [3.8, 4) is 0 Å². The van der Waals surface area contributed by atoms with Gasteiger partial charge in [0.1, 0.15) is 42.7 Å². The molecule has 1 saturated heterocycles. The van der Waals surface area contributed by atoms with Gasteiger partial charge in [-0.1, -0.05) is 0 Å². The Balaban J connectivity index is 3.08. The fourth-order valence-corrected chi connectivity index (χ4v) is 2.33. The summed E-state index contributed by atoms with van der Waals surface area (Å²) in [6, 6.07) is 0. The minimum atomic E-state index is -2.90. The maximum Gasteiger partial charge on any atom is 0.177 e. The molecule has 0 saturated carbocycles. The van der Waals surface area contributed by atoms with Crippen LogP contribution in [0.4, 0.5) is 0 Å². The molecule has 130 valence electrons. The molecule has 0 unspecified atom stereocenters. The zero-order valence-electron chi connectivity index (χ0n) is 11.8. The lowest BCUT2D eigenvalue weighted by molar-refractivity contribution is -0.276. The van der Waals surface area contributed by atoms with E-state index in [1.54, 1.807) is 0 Å². The quantitative estimate of drug-likeness (QED) is 0.219. The standard InChI is InChI=1S/C12H22O10/c1-4-6(16)8(18)9(19)11(22-4)12(21,3-14)10(20)7(17)5(15)2-13/h3-11,13,15-21H,2H2,1H3/t4-,5+,6+,7-,8+,9-,10-,11+,12+/m0/s1. The fraction of sp³-hybridized carbons (Fsp3) is 0.917. The fourth-order valence-electron chi connectivity index (χ4n) is 2.33. The number of rotatable bonds is 6. The van der Waals surface area contributed by atoms with Crippen molar-refractivity contribution in [2.75, 3.05) is 6.61 Å². The van der Waals surface area contributed by atoms with Crippen LogP contribution in [0, 0.1) is 0 Å². The van der Waals surface area contributed by atoms with Crippen molar-refractivity contribution in [1.29, 1.82) is 0 Å². The van der Waals surface area contributed by atoms with Crippen LogP contribution >= 0.6 is 0 Å². The number of ether oxygens (including phenoxy) is 1. The van der Waals surface area contributed by atoms with Crippen LogP contribution in [0.2, 0.25) is 0 Å². The van der Waals surface area contributed by atoms with Crippen LogP contribution in [0.15, 0.2) is 0 Å². The van der Waals surface area contributed by atoms with Gasteiger partial charge in [0, 0.05) is 0 Å². The summed E-state index contributed by atoms with van der Waals surface area (Å²) in [6.45, 7) is 0.336. The monoisotopic (exact) mass is 326 g/mol. The summed E-state index contributed by atoms with van der Waals surface area (Å²) in [6.07, 6.45) is -14.7. The Kier molecular flexibility index (Phi) is 6.38. The first kappa shape index (κ1) is 19.4. The highest BCUT2D eigenvalue weighted by atomic mass is 16.6. The number of hydrogen-bond donors (Lipinski definition) is 8. The molecule has 1 rings (SSSR count). The lowest BCUT2D eigenvalue weighted by Crippen LogP contribution is -2.70. The Labute approximate surface area is 125 Å². The van der Waals surface area contributed by atoms with Crippen LogP contribution in [-0.4, -0.2) is 108 Å². The van der Waals surface area contributed by atoms with Crippen LogP contribution in [0.3, 0.4) is 0 Å². The van der Waals surface area contributed by atoms with Crippen LogP contribution in [0.25, 0.3) is 0 Å². The summed E-state index contributed by atoms with van der Waals surface area (Å²) in [5, 5.41) is 76.9. The van der Waals surface area contributed by atoms with Crippen molar-refractivity contribution in [2.24, 2.45) is 0 Å². The summed E-state index contributed by atoms with van der Waals surface area (Å²) in [5.74, 6) is 0. The second-order valence-corrected chi connectivity index (χ2v) is 5.42. The molecule has 1 aliphatic rings. The first-order valence-corrected chi connectivity index (χ1v) is 6.65. The molecule has 22 heavy (non-hydrogen) atoms. The van der Waals surface area contributed by atoms with Gasteiger partial charge < -0.3 is 45.6 Å². The van der Waals surface area contributed by atoms with Crippen LogP contribution < -0.4 is 0 Å². The molecule has 0 aromatic carbocycles. The summed E-state index contributed by atoms with van der Waals surface area (Å²) in [5.41, 5.74) is -2.90. The minimum absolute atomic E-state index is 0.212. The van der Waals surface area contributed by atoms with Gasteiger partial charge in [0.25, 0.3) is 0 Å². The number of hydrogen-bond acceptors (Lipinski definition) is 10. The number of aldehydes is 1. The van der Waals surface area contributed by atoms with Gasteiger partial charge in [-0.25, -0.2) is 0 Å². The van der Waals surface area contributed by atoms with Gasteiger partial charge in [0.15, 0.2) is 11.9 Å². The van der Waals surface area contributed by atoms with E-state index < -0.39 is 61.0 Å². The van der Waals surface area contributed by atoms with E-state index in [2.05, 4.69) is 0 Å². The summed E-state index contributed by atoms with van der Waals surface area (Å²) in [4.78, 5) is 11.2. The molecule has 0 radical (unpaired) electrons. The predicted molar refractivity (Wildman–Crippen MR) is 68.5 cm³/mol. The van der Waals surface area contributed by atoms with E-state index in [0.717, 1.165) is 0 Å². The highest BCUT2D eigenvalue weighted by Crippen LogP contribution is 2.31. The molecule has 0 aromatic heterocycles. The van der Waals surface area contributed by atoms with Crippen molar-refractivity contribution in [2.45, 2.75) is 61.4 Å². The van der Waals surface area contributed by atoms with Gasteiger partial charge in [-0.2, -0.15) is 0 Å². The van der Waals surface area contributed by atoms with Crippen molar-refractivity contribution >= 4 is 6.29 Å². The molecule has 1 aliphatic heterocycles. The van der Waals surface area contributed by atoms with Gasteiger partial charge in [0.05, 0.1) is 12.7 Å². The first-order chi connectivity index (χ1) is 10.1. The number of aliphatic hydroxyl groups excluding tert-OH is 7. The van der Waals surface area contributed by atoms with Crippen LogP contribution in [0.1, 0.15) is 6.92 Å². The van der Waals surface area contributed by atoms with Gasteiger partial charge in [-0.3, -0.25) is 4.79 Å². The molecule has 1 fully saturated rings. The second kappa shape index (κ2) is 7.25. The Hall–Kier alpha value is -0.690. The van der Waals surface area contributed by atoms with E-state index in [1.165, 1.54) is 6.92 Å². The highest BCUT2D eigenvalue weighted by Gasteiger charge is 2.56. The molecule has 10 nitrogen and oxygen atoms in total. The third kappa shape index (κ3) is 3.30. The SMILES string of the molecule is C[C@@H]1O[C@@H]([C@@](O)(C=O)[C@@H](O)[C@@H](O)[C@H](O)CO)[C@@H](O)[C@H](O)[C@@H]1O. The Morgan fingerprint density at radius 1 is 1.14 bits per heavy atom. The van der Waals surface area contributed by atoms with Crippen LogP contribution in [-0.2, 0) is 9.53 Å². The summed E-state index contributed by atoms with van der Waals surface area (Å²) in [7, 11) is 0. The zero-order valence-corrected chi connectivity index (χ0v) is 11.8. The second-order valence-electron chi connectivity index (χ2n) is 5.42. The lowest BCUT2D eigenvalue weighted by Gasteiger charge is -2.46. The maximum atomic E-state index is 11.2. The molecular weight excluding hydrogens is 304 g/mol. The average Bonchev–Trinajstić information content (AvgIpc) is 2.53. The van der Waals surface area contributed by atoms with E-state index in [1.807, 2.05) is 0 Å². The average molecular weight is 326 g/mol. The molecule has 0 aromatic rings. The molecule has 9 atom stereocenters. The van der Waals surface area contributed by atoms with Crippen molar-refractivity contribution in [3.05, 3.63) is 0 Å². The third-order valence-corrected chi connectivity index (χ3v) is 3.88. The lowest BCUT2D eigenvalue weighted by atomic mass is 9.80. The van der Waals surface area contributed by atoms with Gasteiger partial charge >= 0.3 is 0 Å². The van der Waals surface area contributed by atoms with Crippen molar-refractivity contribution < 1.29 is 50.4 Å². The Morgan fingerprint density at radius 2 is 1.68 bits per heavy atom. The van der Waals surface area contributed by atoms with E-state index in [0.29, 0.717) is 0 Å². The van der Waals surface area contributed by atoms with E-state index in [-0.39, 0.29) is 6.29 Å². The van der Waals surface area contributed by atoms with Gasteiger partial charge in [0.2, 0.25) is 0 Å². The third-order valence-electron chi connectivity index (χ3n) is 3.88. The van der Waals surface area contributed by atoms with E-state index in [4.69, 9.17) is 9.84 Å². The number of carbonyl (C=O) groups is 1. The van der Waals surface area contributed by atoms with Gasteiger partial charge in [-0.15, -0.1) is 0 Å². The van der Waals surface area contributed by atoms with E-state index >= 15 is 0 Å². The zero-order chi connectivity index (χ0) is 17.2. The van der Waals surface area contributed by atoms with Crippen molar-refractivity contribution in [1.82, 2.24) is 0 Å².